The van der Waals surface area contributed by atoms with Crippen LogP contribution in [0.1, 0.15) is 11.1 Å². The molecule has 0 spiro atoms. The van der Waals surface area contributed by atoms with Gasteiger partial charge in [0.2, 0.25) is 0 Å². The predicted octanol–water partition coefficient (Wildman–Crippen LogP) is 1.44. The van der Waals surface area contributed by atoms with Gasteiger partial charge in [0.25, 0.3) is 5.91 Å². The average molecular weight is 273 g/mol. The van der Waals surface area contributed by atoms with E-state index in [9.17, 15) is 4.79 Å². The van der Waals surface area contributed by atoms with Crippen molar-refractivity contribution in [2.24, 2.45) is 0 Å². The minimum Gasteiger partial charge on any atom is -0.484 e. The number of amides is 1. The summed E-state index contributed by atoms with van der Waals surface area (Å²) in [6.07, 6.45) is 0. The number of aryl methyl sites for hydroxylation is 2. The smallest absolute Gasteiger partial charge is 0.257 e. The molecule has 0 heterocycles. The van der Waals surface area contributed by atoms with Crippen molar-refractivity contribution in [2.45, 2.75) is 13.8 Å². The first kappa shape index (κ1) is 16.7. The quantitative estimate of drug-likeness (QED) is 0.771. The minimum absolute atomic E-state index is 0. The van der Waals surface area contributed by atoms with Crippen LogP contribution in [-0.4, -0.2) is 32.7 Å². The number of carbonyl (C=O) groups is 1. The van der Waals surface area contributed by atoms with Crippen LogP contribution in [0, 0.1) is 13.8 Å². The molecule has 0 unspecified atom stereocenters. The summed E-state index contributed by atoms with van der Waals surface area (Å²) in [5.41, 5.74) is 2.38. The maximum Gasteiger partial charge on any atom is 0.257 e. The summed E-state index contributed by atoms with van der Waals surface area (Å²) in [6.45, 7) is 5.51. The molecule has 0 fully saturated rings. The Bertz CT molecular complexity index is 383. The molecule has 1 rings (SSSR count). The largest absolute Gasteiger partial charge is 0.484 e. The van der Waals surface area contributed by atoms with Gasteiger partial charge < -0.3 is 15.4 Å². The molecule has 0 aliphatic rings. The number of nitrogens with one attached hydrogen (secondary N) is 2. The molecule has 0 bridgehead atoms. The Labute approximate surface area is 115 Å². The highest BCUT2D eigenvalue weighted by atomic mass is 35.5. The number of carbonyl (C=O) groups excluding carboxylic acids is 1. The van der Waals surface area contributed by atoms with E-state index >= 15 is 0 Å². The Morgan fingerprint density at radius 1 is 1.22 bits per heavy atom. The Kier molecular flexibility index (Phi) is 8.16. The molecule has 1 amide bonds. The van der Waals surface area contributed by atoms with Gasteiger partial charge in [0.05, 0.1) is 0 Å². The third-order valence-corrected chi connectivity index (χ3v) is 2.55. The van der Waals surface area contributed by atoms with E-state index in [-0.39, 0.29) is 24.9 Å². The summed E-state index contributed by atoms with van der Waals surface area (Å²) in [5, 5.41) is 5.71. The summed E-state index contributed by atoms with van der Waals surface area (Å²) >= 11 is 0. The molecular formula is C13H21ClN2O2. The fraction of sp³-hybridized carbons (Fsp3) is 0.462. The third kappa shape index (κ3) is 5.89. The minimum atomic E-state index is -0.0986. The number of likely N-dealkylation sites (N-methyl/N-ethyl adjacent to an activating group) is 1. The van der Waals surface area contributed by atoms with Crippen LogP contribution in [-0.2, 0) is 4.79 Å². The van der Waals surface area contributed by atoms with Gasteiger partial charge in [-0.1, -0.05) is 6.07 Å². The topological polar surface area (TPSA) is 50.4 Å². The average Bonchev–Trinajstić information content (AvgIpc) is 2.31. The Balaban J connectivity index is 0.00000289. The Morgan fingerprint density at radius 3 is 2.56 bits per heavy atom. The first-order chi connectivity index (χ1) is 8.13. The molecule has 1 aromatic rings. The lowest BCUT2D eigenvalue weighted by molar-refractivity contribution is -0.123. The first-order valence-electron chi connectivity index (χ1n) is 5.75. The van der Waals surface area contributed by atoms with Crippen molar-refractivity contribution >= 4 is 18.3 Å². The van der Waals surface area contributed by atoms with Gasteiger partial charge in [-0.2, -0.15) is 0 Å². The summed E-state index contributed by atoms with van der Waals surface area (Å²) < 4.78 is 5.40. The van der Waals surface area contributed by atoms with Crippen molar-refractivity contribution in [3.8, 4) is 5.75 Å². The van der Waals surface area contributed by atoms with Crippen LogP contribution in [0.3, 0.4) is 0 Å². The van der Waals surface area contributed by atoms with E-state index in [2.05, 4.69) is 10.6 Å². The van der Waals surface area contributed by atoms with Crippen LogP contribution < -0.4 is 15.4 Å². The van der Waals surface area contributed by atoms with E-state index in [4.69, 9.17) is 4.74 Å². The molecule has 18 heavy (non-hydrogen) atoms. The molecule has 102 valence electrons. The second-order valence-electron chi connectivity index (χ2n) is 3.99. The molecule has 0 aliphatic carbocycles. The van der Waals surface area contributed by atoms with E-state index in [1.807, 2.05) is 39.1 Å². The van der Waals surface area contributed by atoms with Crippen LogP contribution in [0.25, 0.3) is 0 Å². The van der Waals surface area contributed by atoms with E-state index < -0.39 is 0 Å². The van der Waals surface area contributed by atoms with Gasteiger partial charge in [0, 0.05) is 13.1 Å². The SMILES string of the molecule is CNCCNC(=O)COc1ccc(C)c(C)c1.Cl. The van der Waals surface area contributed by atoms with Crippen LogP contribution in [0.2, 0.25) is 0 Å². The lowest BCUT2D eigenvalue weighted by Gasteiger charge is -2.08. The normalized spacial score (nSPS) is 9.50. The van der Waals surface area contributed by atoms with Crippen LogP contribution >= 0.6 is 12.4 Å². The molecule has 4 nitrogen and oxygen atoms in total. The predicted molar refractivity (Wildman–Crippen MR) is 75.6 cm³/mol. The van der Waals surface area contributed by atoms with Gasteiger partial charge in [0.1, 0.15) is 5.75 Å². The van der Waals surface area contributed by atoms with Crippen molar-refractivity contribution in [2.75, 3.05) is 26.7 Å². The molecule has 0 saturated carbocycles. The number of hydrogen-bond donors (Lipinski definition) is 2. The van der Waals surface area contributed by atoms with Crippen molar-refractivity contribution in [1.29, 1.82) is 0 Å². The Hall–Kier alpha value is -1.26. The lowest BCUT2D eigenvalue weighted by atomic mass is 10.1. The molecule has 0 saturated heterocycles. The van der Waals surface area contributed by atoms with Crippen LogP contribution in [0.15, 0.2) is 18.2 Å². The first-order valence-corrected chi connectivity index (χ1v) is 5.75. The number of rotatable bonds is 6. The lowest BCUT2D eigenvalue weighted by Crippen LogP contribution is -2.33. The maximum atomic E-state index is 11.4. The molecule has 0 radical (unpaired) electrons. The molecule has 1 aromatic carbocycles. The number of benzene rings is 1. The maximum absolute atomic E-state index is 11.4. The molecule has 5 heteroatoms. The van der Waals surface area contributed by atoms with E-state index in [1.165, 1.54) is 5.56 Å². The second kappa shape index (κ2) is 8.78. The molecular weight excluding hydrogens is 252 g/mol. The summed E-state index contributed by atoms with van der Waals surface area (Å²) in [4.78, 5) is 11.4. The second-order valence-corrected chi connectivity index (χ2v) is 3.99. The highest BCUT2D eigenvalue weighted by Crippen LogP contribution is 2.15. The van der Waals surface area contributed by atoms with Gasteiger partial charge in [-0.15, -0.1) is 12.4 Å². The van der Waals surface area contributed by atoms with Gasteiger partial charge in [-0.05, 0) is 44.2 Å². The monoisotopic (exact) mass is 272 g/mol. The molecule has 0 aromatic heterocycles. The zero-order chi connectivity index (χ0) is 12.7. The highest BCUT2D eigenvalue weighted by Gasteiger charge is 2.02. The van der Waals surface area contributed by atoms with Crippen molar-refractivity contribution in [3.05, 3.63) is 29.3 Å². The van der Waals surface area contributed by atoms with Crippen molar-refractivity contribution in [1.82, 2.24) is 10.6 Å². The molecule has 0 aliphatic heterocycles. The van der Waals surface area contributed by atoms with Crippen molar-refractivity contribution < 1.29 is 9.53 Å². The molecule has 2 N–H and O–H groups in total. The zero-order valence-electron chi connectivity index (χ0n) is 11.1. The van der Waals surface area contributed by atoms with Gasteiger partial charge in [0.15, 0.2) is 6.61 Å². The summed E-state index contributed by atoms with van der Waals surface area (Å²) in [5.74, 6) is 0.635. The van der Waals surface area contributed by atoms with Crippen LogP contribution in [0.5, 0.6) is 5.75 Å². The fourth-order valence-corrected chi connectivity index (χ4v) is 1.33. The third-order valence-electron chi connectivity index (χ3n) is 2.55. The highest BCUT2D eigenvalue weighted by molar-refractivity contribution is 5.85. The summed E-state index contributed by atoms with van der Waals surface area (Å²) in [7, 11) is 1.84. The van der Waals surface area contributed by atoms with E-state index in [0.717, 1.165) is 17.9 Å². The zero-order valence-corrected chi connectivity index (χ0v) is 11.9. The van der Waals surface area contributed by atoms with Gasteiger partial charge in [-0.3, -0.25) is 4.79 Å². The number of halogens is 1. The number of hydrogen-bond acceptors (Lipinski definition) is 3. The molecule has 0 atom stereocenters. The standard InChI is InChI=1S/C13H20N2O2.ClH/c1-10-4-5-12(8-11(10)2)17-9-13(16)15-7-6-14-3;/h4-5,8,14H,6-7,9H2,1-3H3,(H,15,16);1H. The number of ether oxygens (including phenoxy) is 1. The van der Waals surface area contributed by atoms with Gasteiger partial charge >= 0.3 is 0 Å². The van der Waals surface area contributed by atoms with Crippen molar-refractivity contribution in [3.63, 3.8) is 0 Å². The van der Waals surface area contributed by atoms with E-state index in [0.29, 0.717) is 6.54 Å². The fourth-order valence-electron chi connectivity index (χ4n) is 1.33. The van der Waals surface area contributed by atoms with Crippen LogP contribution in [0.4, 0.5) is 0 Å². The van der Waals surface area contributed by atoms with E-state index in [1.54, 1.807) is 0 Å². The summed E-state index contributed by atoms with van der Waals surface area (Å²) in [6, 6.07) is 5.81. The van der Waals surface area contributed by atoms with Gasteiger partial charge in [-0.25, -0.2) is 0 Å². The Morgan fingerprint density at radius 2 is 1.94 bits per heavy atom.